The highest BCUT2D eigenvalue weighted by Crippen LogP contribution is 2.10. The van der Waals surface area contributed by atoms with Crippen molar-refractivity contribution in [1.82, 2.24) is 4.98 Å². The summed E-state index contributed by atoms with van der Waals surface area (Å²) in [5.41, 5.74) is 0.495. The molecule has 0 radical (unpaired) electrons. The van der Waals surface area contributed by atoms with Crippen molar-refractivity contribution in [2.75, 3.05) is 0 Å². The minimum atomic E-state index is -0.0127. The van der Waals surface area contributed by atoms with Gasteiger partial charge >= 0.3 is 0 Å². The third-order valence-electron chi connectivity index (χ3n) is 1.01. The molecule has 2 nitrogen and oxygen atoms in total. The first-order valence-corrected chi connectivity index (χ1v) is 3.50. The molecule has 0 saturated carbocycles. The largest absolute Gasteiger partial charge is 0.506 e. The highest BCUT2D eigenvalue weighted by molar-refractivity contribution is 9.10. The Morgan fingerprint density at radius 2 is 2.30 bits per heavy atom. The summed E-state index contributed by atoms with van der Waals surface area (Å²) in [5.74, 6) is -0.0127. The van der Waals surface area contributed by atoms with E-state index in [4.69, 9.17) is 5.11 Å². The van der Waals surface area contributed by atoms with Crippen molar-refractivity contribution in [3.05, 3.63) is 35.1 Å². The summed E-state index contributed by atoms with van der Waals surface area (Å²) in [6.07, 6.45) is 0. The van der Waals surface area contributed by atoms with Crippen LogP contribution in [0.3, 0.4) is 0 Å². The number of hydrogen-bond acceptors (Lipinski definition) is 2. The molecular weight excluding hydrogens is 194 g/mol. The van der Waals surface area contributed by atoms with Gasteiger partial charge in [-0.15, -0.1) is 0 Å². The molecule has 0 saturated heterocycles. The van der Waals surface area contributed by atoms with E-state index in [1.807, 2.05) is 0 Å². The summed E-state index contributed by atoms with van der Waals surface area (Å²) in [7, 11) is 0. The summed E-state index contributed by atoms with van der Waals surface area (Å²) in [4.78, 5) is 3.94. The maximum absolute atomic E-state index is 8.87. The maximum Gasteiger partial charge on any atom is 0.134 e. The van der Waals surface area contributed by atoms with Crippen LogP contribution >= 0.6 is 15.9 Å². The zero-order chi connectivity index (χ0) is 7.56. The van der Waals surface area contributed by atoms with Crippen LogP contribution in [0.25, 0.3) is 5.76 Å². The first kappa shape index (κ1) is 7.28. The number of aliphatic hydroxyl groups excluding tert-OH is 1. The molecule has 0 bridgehead atoms. The molecule has 0 aliphatic rings. The van der Waals surface area contributed by atoms with Crippen LogP contribution < -0.4 is 0 Å². The Morgan fingerprint density at radius 3 is 2.70 bits per heavy atom. The SMILES string of the molecule is C=C(O)c1cccc(Br)n1. The van der Waals surface area contributed by atoms with E-state index in [9.17, 15) is 0 Å². The van der Waals surface area contributed by atoms with E-state index in [0.29, 0.717) is 10.3 Å². The molecule has 0 amide bonds. The topological polar surface area (TPSA) is 33.1 Å². The Bertz CT molecular complexity index is 260. The van der Waals surface area contributed by atoms with Gasteiger partial charge in [-0.2, -0.15) is 0 Å². The molecule has 1 aromatic heterocycles. The number of aliphatic hydroxyl groups is 1. The monoisotopic (exact) mass is 199 g/mol. The Kier molecular flexibility index (Phi) is 2.06. The lowest BCUT2D eigenvalue weighted by molar-refractivity contribution is 0.510. The molecule has 1 heterocycles. The van der Waals surface area contributed by atoms with Gasteiger partial charge in [0.2, 0.25) is 0 Å². The lowest BCUT2D eigenvalue weighted by Gasteiger charge is -1.95. The fourth-order valence-corrected chi connectivity index (χ4v) is 0.913. The Labute approximate surface area is 67.4 Å². The Balaban J connectivity index is 3.07. The molecule has 3 heteroatoms. The normalized spacial score (nSPS) is 9.30. The molecule has 0 unspecified atom stereocenters. The quantitative estimate of drug-likeness (QED) is 0.557. The highest BCUT2D eigenvalue weighted by atomic mass is 79.9. The zero-order valence-corrected chi connectivity index (χ0v) is 6.80. The average molecular weight is 200 g/mol. The standard InChI is InChI=1S/C7H6BrNO/c1-5(10)6-3-2-4-7(8)9-6/h2-4,10H,1H2. The van der Waals surface area contributed by atoms with Crippen molar-refractivity contribution < 1.29 is 5.11 Å². The van der Waals surface area contributed by atoms with E-state index >= 15 is 0 Å². The van der Waals surface area contributed by atoms with Gasteiger partial charge in [0.1, 0.15) is 16.1 Å². The van der Waals surface area contributed by atoms with E-state index in [1.165, 1.54) is 0 Å². The smallest absolute Gasteiger partial charge is 0.134 e. The van der Waals surface area contributed by atoms with Crippen LogP contribution in [0.2, 0.25) is 0 Å². The van der Waals surface area contributed by atoms with Crippen LogP contribution in [-0.2, 0) is 0 Å². The predicted octanol–water partition coefficient (Wildman–Crippen LogP) is 2.37. The van der Waals surface area contributed by atoms with Crippen LogP contribution in [0, 0.1) is 0 Å². The second-order valence-corrected chi connectivity index (χ2v) is 2.60. The van der Waals surface area contributed by atoms with Gasteiger partial charge in [0.25, 0.3) is 0 Å². The van der Waals surface area contributed by atoms with E-state index in [0.717, 1.165) is 0 Å². The van der Waals surface area contributed by atoms with E-state index in [1.54, 1.807) is 18.2 Å². The third-order valence-corrected chi connectivity index (χ3v) is 1.45. The highest BCUT2D eigenvalue weighted by Gasteiger charge is 1.95. The van der Waals surface area contributed by atoms with Gasteiger partial charge in [0.15, 0.2) is 0 Å². The molecular formula is C7H6BrNO. The fourth-order valence-electron chi connectivity index (χ4n) is 0.569. The van der Waals surface area contributed by atoms with E-state index in [-0.39, 0.29) is 5.76 Å². The maximum atomic E-state index is 8.87. The van der Waals surface area contributed by atoms with Gasteiger partial charge in [-0.05, 0) is 28.1 Å². The summed E-state index contributed by atoms with van der Waals surface area (Å²) < 4.78 is 0.695. The van der Waals surface area contributed by atoms with Crippen LogP contribution in [0.15, 0.2) is 29.4 Å². The van der Waals surface area contributed by atoms with Crippen molar-refractivity contribution in [1.29, 1.82) is 0 Å². The van der Waals surface area contributed by atoms with Crippen molar-refractivity contribution in [3.8, 4) is 0 Å². The van der Waals surface area contributed by atoms with Gasteiger partial charge in [0, 0.05) is 0 Å². The molecule has 0 aliphatic carbocycles. The fraction of sp³-hybridized carbons (Fsp3) is 0. The van der Waals surface area contributed by atoms with Crippen molar-refractivity contribution in [2.24, 2.45) is 0 Å². The molecule has 0 spiro atoms. The number of rotatable bonds is 1. The molecule has 0 aliphatic heterocycles. The summed E-state index contributed by atoms with van der Waals surface area (Å²) in [5, 5.41) is 8.87. The van der Waals surface area contributed by atoms with Gasteiger partial charge in [-0.3, -0.25) is 0 Å². The number of pyridine rings is 1. The van der Waals surface area contributed by atoms with E-state index in [2.05, 4.69) is 27.5 Å². The van der Waals surface area contributed by atoms with Crippen LogP contribution in [0.5, 0.6) is 0 Å². The second-order valence-electron chi connectivity index (χ2n) is 1.79. The van der Waals surface area contributed by atoms with Gasteiger partial charge in [-0.1, -0.05) is 12.6 Å². The number of hydrogen-bond donors (Lipinski definition) is 1. The molecule has 0 fully saturated rings. The number of nitrogens with zero attached hydrogens (tertiary/aromatic N) is 1. The third kappa shape index (κ3) is 1.57. The van der Waals surface area contributed by atoms with Crippen LogP contribution in [0.1, 0.15) is 5.69 Å². The summed E-state index contributed by atoms with van der Waals surface area (Å²) in [6.45, 7) is 3.34. The van der Waals surface area contributed by atoms with Gasteiger partial charge in [-0.25, -0.2) is 4.98 Å². The average Bonchev–Trinajstić information content (AvgIpc) is 1.88. The molecule has 1 rings (SSSR count). The molecule has 1 aromatic rings. The molecule has 0 aromatic carbocycles. The number of halogens is 1. The van der Waals surface area contributed by atoms with Crippen molar-refractivity contribution in [2.45, 2.75) is 0 Å². The molecule has 52 valence electrons. The first-order chi connectivity index (χ1) is 4.70. The number of aromatic nitrogens is 1. The van der Waals surface area contributed by atoms with Crippen molar-refractivity contribution >= 4 is 21.7 Å². The Morgan fingerprint density at radius 1 is 1.60 bits per heavy atom. The van der Waals surface area contributed by atoms with E-state index < -0.39 is 0 Å². The lowest BCUT2D eigenvalue weighted by Crippen LogP contribution is -1.85. The van der Waals surface area contributed by atoms with Crippen LogP contribution in [-0.4, -0.2) is 10.1 Å². The van der Waals surface area contributed by atoms with Crippen molar-refractivity contribution in [3.63, 3.8) is 0 Å². The zero-order valence-electron chi connectivity index (χ0n) is 5.21. The molecule has 10 heavy (non-hydrogen) atoms. The van der Waals surface area contributed by atoms with Gasteiger partial charge < -0.3 is 5.11 Å². The second kappa shape index (κ2) is 2.84. The lowest BCUT2D eigenvalue weighted by atomic mass is 10.3. The van der Waals surface area contributed by atoms with Crippen LogP contribution in [0.4, 0.5) is 0 Å². The predicted molar refractivity (Wildman–Crippen MR) is 43.6 cm³/mol. The minimum Gasteiger partial charge on any atom is -0.506 e. The summed E-state index contributed by atoms with van der Waals surface area (Å²) >= 11 is 3.17. The minimum absolute atomic E-state index is 0.0127. The Hall–Kier alpha value is -0.830. The van der Waals surface area contributed by atoms with Gasteiger partial charge in [0.05, 0.1) is 0 Å². The molecule has 0 atom stereocenters. The summed E-state index contributed by atoms with van der Waals surface area (Å²) in [6, 6.07) is 5.26. The first-order valence-electron chi connectivity index (χ1n) is 2.71. The molecule has 1 N–H and O–H groups in total.